The number of anilines is 2. The lowest BCUT2D eigenvalue weighted by Gasteiger charge is -2.72. The summed E-state index contributed by atoms with van der Waals surface area (Å²) in [6.07, 6.45) is 5.25. The molecule has 2 bridgehead atoms. The van der Waals surface area contributed by atoms with Gasteiger partial charge in [-0.1, -0.05) is 55.2 Å². The molecule has 56 heavy (non-hydrogen) atoms. The smallest absolute Gasteiger partial charge is 0.358 e. The van der Waals surface area contributed by atoms with E-state index in [-0.39, 0.29) is 6.61 Å². The molecular formula is C42H55N7O4S2Si. The average molecular weight is 814 g/mol. The second-order valence-electron chi connectivity index (χ2n) is 17.0. The molecule has 298 valence electrons. The lowest BCUT2D eigenvalue weighted by molar-refractivity contribution is -0.151. The molecule has 3 saturated carbocycles. The van der Waals surface area contributed by atoms with E-state index in [1.807, 2.05) is 37.1 Å². The molecule has 5 aromatic rings. The average Bonchev–Trinajstić information content (AvgIpc) is 3.71. The zero-order valence-corrected chi connectivity index (χ0v) is 36.7. The first kappa shape index (κ1) is 40.3. The summed E-state index contributed by atoms with van der Waals surface area (Å²) in [6, 6.07) is 20.0. The summed E-state index contributed by atoms with van der Waals surface area (Å²) >= 11 is 3.07. The number of aromatic nitrogens is 4. The molecule has 3 aromatic heterocycles. The second-order valence-corrected chi connectivity index (χ2v) is 24.7. The fourth-order valence-electron chi connectivity index (χ4n) is 8.17. The SMILES string of the molecule is CCOC(=O)c1nc(N(C)c2cc(C)c(N=c3sc4ccccc4n3COCC[Si](C)(C)C)nn2)sc1CCCOc1ccc(C23CC(CN(C)C)(C2)C3)cc1. The van der Waals surface area contributed by atoms with Gasteiger partial charge in [-0.05, 0) is 118 Å². The number of hydrogen-bond donors (Lipinski definition) is 0. The van der Waals surface area contributed by atoms with Gasteiger partial charge >= 0.3 is 5.97 Å². The van der Waals surface area contributed by atoms with Crippen LogP contribution in [0.1, 0.15) is 59.1 Å². The number of esters is 1. The predicted molar refractivity (Wildman–Crippen MR) is 229 cm³/mol. The van der Waals surface area contributed by atoms with Crippen molar-refractivity contribution in [3.8, 4) is 5.75 Å². The highest BCUT2D eigenvalue weighted by Gasteiger charge is 2.67. The number of carbonyl (C=O) groups excluding carboxylic acids is 1. The summed E-state index contributed by atoms with van der Waals surface area (Å²) in [6.45, 7) is 14.0. The van der Waals surface area contributed by atoms with E-state index in [9.17, 15) is 4.79 Å². The number of thiazole rings is 2. The highest BCUT2D eigenvalue weighted by Crippen LogP contribution is 2.73. The van der Waals surface area contributed by atoms with E-state index in [2.05, 4.69) is 89.8 Å². The molecule has 0 spiro atoms. The van der Waals surface area contributed by atoms with Gasteiger partial charge in [-0.3, -0.25) is 4.57 Å². The zero-order chi connectivity index (χ0) is 39.7. The normalized spacial score (nSPS) is 19.3. The summed E-state index contributed by atoms with van der Waals surface area (Å²) < 4.78 is 20.9. The highest BCUT2D eigenvalue weighted by atomic mass is 32.1. The van der Waals surface area contributed by atoms with Crippen molar-refractivity contribution < 1.29 is 19.0 Å². The molecule has 3 heterocycles. The van der Waals surface area contributed by atoms with Gasteiger partial charge < -0.3 is 24.0 Å². The van der Waals surface area contributed by atoms with Gasteiger partial charge in [0.05, 0.1) is 23.4 Å². The highest BCUT2D eigenvalue weighted by molar-refractivity contribution is 7.16. The summed E-state index contributed by atoms with van der Waals surface area (Å²) in [5.74, 6) is 1.60. The van der Waals surface area contributed by atoms with Crippen molar-refractivity contribution >= 4 is 63.7 Å². The van der Waals surface area contributed by atoms with E-state index in [1.54, 1.807) is 18.3 Å². The Morgan fingerprint density at radius 1 is 1.00 bits per heavy atom. The van der Waals surface area contributed by atoms with E-state index < -0.39 is 14.0 Å². The number of aryl methyl sites for hydroxylation is 2. The Morgan fingerprint density at radius 3 is 2.45 bits per heavy atom. The lowest BCUT2D eigenvalue weighted by atomic mass is 9.33. The third-order valence-electron chi connectivity index (χ3n) is 10.8. The molecular weight excluding hydrogens is 759 g/mol. The molecule has 3 aliphatic carbocycles. The van der Waals surface area contributed by atoms with E-state index in [0.717, 1.165) is 50.3 Å². The van der Waals surface area contributed by atoms with Crippen LogP contribution in [0.3, 0.4) is 0 Å². The minimum absolute atomic E-state index is 0.276. The maximum atomic E-state index is 13.0. The Bertz CT molecular complexity index is 2220. The third kappa shape index (κ3) is 8.79. The minimum Gasteiger partial charge on any atom is -0.494 e. The molecule has 0 radical (unpaired) electrons. The molecule has 0 atom stereocenters. The first-order valence-corrected chi connectivity index (χ1v) is 24.9. The van der Waals surface area contributed by atoms with E-state index in [4.69, 9.17) is 24.2 Å². The van der Waals surface area contributed by atoms with Crippen LogP contribution >= 0.6 is 22.7 Å². The number of rotatable bonds is 18. The standard InChI is InChI=1S/C42H55N7O4S2Si/c1-9-52-38(50)36-34(15-12-20-53-31-18-16-30(17-19-31)42-24-41(25-42,26-42)27-47(3)4)55-39(43-36)48(5)35-23-29(2)37(46-45-35)44-40-49(28-51-21-22-56(6,7)8)32-13-10-11-14-33(32)54-40/h10-11,13-14,16-19,23H,9,12,15,20-22,24-28H2,1-8H3. The molecule has 14 heteroatoms. The molecule has 0 aliphatic heterocycles. The quantitative estimate of drug-likeness (QED) is 0.0488. The van der Waals surface area contributed by atoms with Crippen LogP contribution in [0.15, 0.2) is 59.6 Å². The molecule has 3 aliphatic rings. The van der Waals surface area contributed by atoms with E-state index >= 15 is 0 Å². The number of hydrogen-bond acceptors (Lipinski definition) is 12. The fourth-order valence-corrected chi connectivity index (χ4v) is 11.0. The van der Waals surface area contributed by atoms with Gasteiger partial charge in [0.15, 0.2) is 27.3 Å². The zero-order valence-electron chi connectivity index (χ0n) is 34.1. The van der Waals surface area contributed by atoms with Gasteiger partial charge in [0, 0.05) is 33.2 Å². The van der Waals surface area contributed by atoms with Gasteiger partial charge in [0.1, 0.15) is 12.5 Å². The monoisotopic (exact) mass is 813 g/mol. The van der Waals surface area contributed by atoms with E-state index in [1.165, 1.54) is 42.7 Å². The van der Waals surface area contributed by atoms with Crippen molar-refractivity contribution in [2.75, 3.05) is 52.4 Å². The van der Waals surface area contributed by atoms with Gasteiger partial charge in [-0.15, -0.1) is 21.5 Å². The predicted octanol–water partition coefficient (Wildman–Crippen LogP) is 8.74. The number of benzene rings is 2. The van der Waals surface area contributed by atoms with Crippen LogP contribution in [0.25, 0.3) is 10.2 Å². The summed E-state index contributed by atoms with van der Waals surface area (Å²) in [5, 5.41) is 9.74. The number of ether oxygens (including phenoxy) is 3. The number of carbonyl (C=O) groups is 1. The van der Waals surface area contributed by atoms with Gasteiger partial charge in [0.2, 0.25) is 0 Å². The molecule has 8 rings (SSSR count). The van der Waals surface area contributed by atoms with Crippen LogP contribution in [0.5, 0.6) is 5.75 Å². The third-order valence-corrected chi connectivity index (χ3v) is 14.8. The maximum Gasteiger partial charge on any atom is 0.358 e. The van der Waals surface area contributed by atoms with Crippen LogP contribution in [0, 0.1) is 12.3 Å². The van der Waals surface area contributed by atoms with Crippen molar-refractivity contribution in [1.29, 1.82) is 0 Å². The van der Waals surface area contributed by atoms with Gasteiger partial charge in [-0.25, -0.2) is 9.78 Å². The molecule has 0 amide bonds. The molecule has 11 nitrogen and oxygen atoms in total. The van der Waals surface area contributed by atoms with Crippen molar-refractivity contribution in [3.63, 3.8) is 0 Å². The number of para-hydroxylation sites is 1. The topological polar surface area (TPSA) is 107 Å². The van der Waals surface area contributed by atoms with Crippen LogP contribution in [0.4, 0.5) is 16.8 Å². The van der Waals surface area contributed by atoms with Gasteiger partial charge in [0.25, 0.3) is 0 Å². The Hall–Kier alpha value is -3.95. The van der Waals surface area contributed by atoms with E-state index in [0.29, 0.717) is 53.0 Å². The Morgan fingerprint density at radius 2 is 1.75 bits per heavy atom. The van der Waals surface area contributed by atoms with Crippen LogP contribution in [-0.4, -0.2) is 86.2 Å². The largest absolute Gasteiger partial charge is 0.494 e. The van der Waals surface area contributed by atoms with Crippen LogP contribution < -0.4 is 14.4 Å². The van der Waals surface area contributed by atoms with Crippen LogP contribution in [-0.2, 0) is 28.0 Å². The first-order chi connectivity index (χ1) is 26.8. The first-order valence-electron chi connectivity index (χ1n) is 19.6. The second kappa shape index (κ2) is 16.5. The Balaban J connectivity index is 1.00. The molecule has 3 fully saturated rings. The van der Waals surface area contributed by atoms with Crippen molar-refractivity contribution in [3.05, 3.63) is 81.1 Å². The molecule has 0 saturated heterocycles. The molecule has 0 N–H and O–H groups in total. The Labute approximate surface area is 339 Å². The number of fused-ring (bicyclic) bond motifs is 1. The summed E-state index contributed by atoms with van der Waals surface area (Å²) in [7, 11) is 5.03. The minimum atomic E-state index is -1.20. The fraction of sp³-hybridized carbons (Fsp3) is 0.500. The molecule has 2 aromatic carbocycles. The maximum absolute atomic E-state index is 13.0. The van der Waals surface area contributed by atoms with Gasteiger partial charge in [-0.2, -0.15) is 4.99 Å². The number of nitrogens with zero attached hydrogens (tertiary/aromatic N) is 7. The Kier molecular flexibility index (Phi) is 11.9. The van der Waals surface area contributed by atoms with Crippen molar-refractivity contribution in [2.24, 2.45) is 10.4 Å². The van der Waals surface area contributed by atoms with Crippen molar-refractivity contribution in [1.82, 2.24) is 24.6 Å². The summed E-state index contributed by atoms with van der Waals surface area (Å²) in [5.41, 5.74) is 4.64. The van der Waals surface area contributed by atoms with Crippen LogP contribution in [0.2, 0.25) is 25.7 Å². The summed E-state index contributed by atoms with van der Waals surface area (Å²) in [4.78, 5) is 28.6. The molecule has 0 unspecified atom stereocenters. The van der Waals surface area contributed by atoms with Crippen molar-refractivity contribution in [2.45, 2.75) is 83.8 Å². The lowest BCUT2D eigenvalue weighted by Crippen LogP contribution is -2.67.